The quantitative estimate of drug-likeness (QED) is 0.768. The van der Waals surface area contributed by atoms with Crippen LogP contribution in [0.25, 0.3) is 0 Å². The first-order valence-corrected chi connectivity index (χ1v) is 9.91. The van der Waals surface area contributed by atoms with Gasteiger partial charge >= 0.3 is 0 Å². The molecule has 0 saturated carbocycles. The Balaban J connectivity index is 1.97. The molecule has 1 N–H and O–H groups in total. The van der Waals surface area contributed by atoms with Crippen LogP contribution in [0.15, 0.2) is 53.4 Å². The van der Waals surface area contributed by atoms with Gasteiger partial charge in [0.25, 0.3) is 0 Å². The molecule has 0 aliphatic carbocycles. The number of benzene rings is 2. The van der Waals surface area contributed by atoms with Crippen molar-refractivity contribution < 1.29 is 17.6 Å². The summed E-state index contributed by atoms with van der Waals surface area (Å²) in [5, 5.41) is 2.71. The van der Waals surface area contributed by atoms with Gasteiger partial charge in [-0.2, -0.15) is 4.31 Å². The summed E-state index contributed by atoms with van der Waals surface area (Å²) >= 11 is 0. The van der Waals surface area contributed by atoms with Crippen molar-refractivity contribution in [2.45, 2.75) is 31.7 Å². The number of sulfonamides is 1. The molecule has 2 rings (SSSR count). The largest absolute Gasteiger partial charge is 0.352 e. The van der Waals surface area contributed by atoms with Gasteiger partial charge in [-0.15, -0.1) is 0 Å². The molecule has 7 heteroatoms. The molecular formula is C19H23FN2O3S. The van der Waals surface area contributed by atoms with Crippen LogP contribution >= 0.6 is 0 Å². The van der Waals surface area contributed by atoms with Gasteiger partial charge in [-0.3, -0.25) is 4.79 Å². The first-order valence-electron chi connectivity index (χ1n) is 8.47. The number of rotatable bonds is 8. The third-order valence-corrected chi connectivity index (χ3v) is 6.13. The average molecular weight is 378 g/mol. The Bertz CT molecular complexity index is 847. The summed E-state index contributed by atoms with van der Waals surface area (Å²) < 4.78 is 39.8. The third-order valence-electron chi connectivity index (χ3n) is 4.07. The molecule has 5 nitrogen and oxygen atoms in total. The second-order valence-corrected chi connectivity index (χ2v) is 7.72. The summed E-state index contributed by atoms with van der Waals surface area (Å²) in [5.74, 6) is -0.705. The van der Waals surface area contributed by atoms with Crippen molar-refractivity contribution in [1.29, 1.82) is 0 Å². The van der Waals surface area contributed by atoms with E-state index in [4.69, 9.17) is 0 Å². The zero-order valence-corrected chi connectivity index (χ0v) is 15.7. The molecular weight excluding hydrogens is 355 g/mol. The lowest BCUT2D eigenvalue weighted by Gasteiger charge is -2.18. The minimum absolute atomic E-state index is 0.0406. The minimum Gasteiger partial charge on any atom is -0.352 e. The fourth-order valence-electron chi connectivity index (χ4n) is 2.57. The number of carbonyl (C=O) groups excluding carboxylic acids is 1. The molecule has 0 spiro atoms. The first kappa shape index (κ1) is 20.1. The summed E-state index contributed by atoms with van der Waals surface area (Å²) in [7, 11) is -3.49. The summed E-state index contributed by atoms with van der Waals surface area (Å²) in [6, 6.07) is 12.5. The molecule has 0 aliphatic heterocycles. The molecule has 0 bridgehead atoms. The Morgan fingerprint density at radius 1 is 1.04 bits per heavy atom. The van der Waals surface area contributed by atoms with E-state index in [2.05, 4.69) is 5.32 Å². The average Bonchev–Trinajstić information content (AvgIpc) is 2.63. The van der Waals surface area contributed by atoms with E-state index < -0.39 is 15.8 Å². The van der Waals surface area contributed by atoms with Gasteiger partial charge in [-0.1, -0.05) is 44.2 Å². The monoisotopic (exact) mass is 378 g/mol. The molecule has 0 radical (unpaired) electrons. The zero-order chi connectivity index (χ0) is 19.2. The summed E-state index contributed by atoms with van der Waals surface area (Å²) in [4.78, 5) is 12.2. The summed E-state index contributed by atoms with van der Waals surface area (Å²) in [5.41, 5.74) is 1.11. The Morgan fingerprint density at radius 3 is 2.23 bits per heavy atom. The number of halogens is 1. The molecule has 0 aromatic heterocycles. The lowest BCUT2D eigenvalue weighted by molar-refractivity contribution is -0.120. The number of nitrogens with zero attached hydrogens (tertiary/aromatic N) is 1. The molecule has 0 fully saturated rings. The molecule has 0 saturated heterocycles. The van der Waals surface area contributed by atoms with Gasteiger partial charge in [0.05, 0.1) is 11.3 Å². The topological polar surface area (TPSA) is 66.5 Å². The second kappa shape index (κ2) is 8.91. The van der Waals surface area contributed by atoms with Gasteiger partial charge in [-0.05, 0) is 29.3 Å². The van der Waals surface area contributed by atoms with E-state index in [1.165, 1.54) is 22.5 Å². The molecule has 0 atom stereocenters. The van der Waals surface area contributed by atoms with Crippen LogP contribution in [0.1, 0.15) is 25.0 Å². The van der Waals surface area contributed by atoms with E-state index in [0.717, 1.165) is 5.56 Å². The third kappa shape index (κ3) is 4.89. The maximum atomic E-state index is 13.6. The Hall–Kier alpha value is -2.25. The van der Waals surface area contributed by atoms with Crippen molar-refractivity contribution in [3.63, 3.8) is 0 Å². The standard InChI is InChI=1S/C19H23FN2O3S/c1-3-22(4-2)26(24,25)17-11-9-15(10-12-17)14-21-19(23)13-16-7-5-6-8-18(16)20/h5-12H,3-4,13-14H2,1-2H3,(H,21,23). The molecule has 2 aromatic rings. The van der Waals surface area contributed by atoms with Crippen LogP contribution in [0, 0.1) is 5.82 Å². The SMILES string of the molecule is CCN(CC)S(=O)(=O)c1ccc(CNC(=O)Cc2ccccc2F)cc1. The highest BCUT2D eigenvalue weighted by Gasteiger charge is 2.21. The Morgan fingerprint density at radius 2 is 1.65 bits per heavy atom. The van der Waals surface area contributed by atoms with Gasteiger partial charge in [-0.25, -0.2) is 12.8 Å². The van der Waals surface area contributed by atoms with Gasteiger partial charge < -0.3 is 5.32 Å². The molecule has 140 valence electrons. The van der Waals surface area contributed by atoms with Crippen molar-refractivity contribution in [3.05, 3.63) is 65.5 Å². The van der Waals surface area contributed by atoms with Crippen molar-refractivity contribution in [3.8, 4) is 0 Å². The number of amides is 1. The fourth-order valence-corrected chi connectivity index (χ4v) is 4.03. The predicted octanol–water partition coefficient (Wildman–Crippen LogP) is 2.72. The van der Waals surface area contributed by atoms with Crippen LogP contribution in [0.2, 0.25) is 0 Å². The molecule has 26 heavy (non-hydrogen) atoms. The lowest BCUT2D eigenvalue weighted by atomic mass is 10.1. The number of hydrogen-bond donors (Lipinski definition) is 1. The van der Waals surface area contributed by atoms with E-state index in [-0.39, 0.29) is 23.8 Å². The first-order chi connectivity index (χ1) is 12.4. The number of nitrogens with one attached hydrogen (secondary N) is 1. The number of carbonyl (C=O) groups is 1. The van der Waals surface area contributed by atoms with Crippen molar-refractivity contribution >= 4 is 15.9 Å². The normalized spacial score (nSPS) is 11.5. The van der Waals surface area contributed by atoms with Crippen LogP contribution in [0.3, 0.4) is 0 Å². The van der Waals surface area contributed by atoms with Gasteiger partial charge in [0.2, 0.25) is 15.9 Å². The lowest BCUT2D eigenvalue weighted by Crippen LogP contribution is -2.30. The van der Waals surface area contributed by atoms with E-state index in [9.17, 15) is 17.6 Å². The summed E-state index contributed by atoms with van der Waals surface area (Å²) in [6.07, 6.45) is -0.0406. The molecule has 0 heterocycles. The zero-order valence-electron chi connectivity index (χ0n) is 14.9. The van der Waals surface area contributed by atoms with Crippen molar-refractivity contribution in [2.24, 2.45) is 0 Å². The smallest absolute Gasteiger partial charge is 0.243 e. The Labute approximate surface area is 153 Å². The second-order valence-electron chi connectivity index (χ2n) is 5.78. The van der Waals surface area contributed by atoms with E-state index in [0.29, 0.717) is 18.7 Å². The number of hydrogen-bond acceptors (Lipinski definition) is 3. The van der Waals surface area contributed by atoms with Crippen LogP contribution < -0.4 is 5.32 Å². The summed E-state index contributed by atoms with van der Waals surface area (Å²) in [6.45, 7) is 4.65. The van der Waals surface area contributed by atoms with E-state index in [1.54, 1.807) is 44.2 Å². The van der Waals surface area contributed by atoms with Crippen molar-refractivity contribution in [2.75, 3.05) is 13.1 Å². The van der Waals surface area contributed by atoms with Gasteiger partial charge in [0.15, 0.2) is 0 Å². The van der Waals surface area contributed by atoms with E-state index in [1.807, 2.05) is 0 Å². The highest BCUT2D eigenvalue weighted by molar-refractivity contribution is 7.89. The van der Waals surface area contributed by atoms with E-state index >= 15 is 0 Å². The fraction of sp³-hybridized carbons (Fsp3) is 0.316. The predicted molar refractivity (Wildman–Crippen MR) is 98.5 cm³/mol. The van der Waals surface area contributed by atoms with Crippen LogP contribution in [-0.4, -0.2) is 31.7 Å². The molecule has 0 aliphatic rings. The highest BCUT2D eigenvalue weighted by Crippen LogP contribution is 2.16. The minimum atomic E-state index is -3.49. The maximum Gasteiger partial charge on any atom is 0.243 e. The molecule has 0 unspecified atom stereocenters. The van der Waals surface area contributed by atoms with Crippen molar-refractivity contribution in [1.82, 2.24) is 9.62 Å². The van der Waals surface area contributed by atoms with Crippen LogP contribution in [-0.2, 0) is 27.8 Å². The maximum absolute atomic E-state index is 13.6. The molecule has 1 amide bonds. The van der Waals surface area contributed by atoms with Gasteiger partial charge in [0.1, 0.15) is 5.82 Å². The Kier molecular flexibility index (Phi) is 6.88. The van der Waals surface area contributed by atoms with Crippen LogP contribution in [0.5, 0.6) is 0 Å². The highest BCUT2D eigenvalue weighted by atomic mass is 32.2. The van der Waals surface area contributed by atoms with Crippen LogP contribution in [0.4, 0.5) is 4.39 Å². The molecule has 2 aromatic carbocycles. The van der Waals surface area contributed by atoms with Gasteiger partial charge in [0, 0.05) is 19.6 Å².